The summed E-state index contributed by atoms with van der Waals surface area (Å²) >= 11 is 2.69. The van der Waals surface area contributed by atoms with E-state index in [1.807, 2.05) is 49.6 Å². The molecule has 1 amide bonds. The standard InChI is InChI=1S/C18H19N3O2S2/c1-3-21-17(23)16-14(8-9-24-16)20-18(21)25-11-15(22)19-10-13-6-4-12(2)5-7-13/h4-9H,3,10-11H2,1-2H3,(H,19,22). The second-order valence-electron chi connectivity index (χ2n) is 5.63. The Labute approximate surface area is 154 Å². The van der Waals surface area contributed by atoms with E-state index in [1.165, 1.54) is 28.7 Å². The molecule has 1 aromatic carbocycles. The van der Waals surface area contributed by atoms with E-state index in [9.17, 15) is 9.59 Å². The molecule has 3 rings (SSSR count). The molecule has 0 unspecified atom stereocenters. The van der Waals surface area contributed by atoms with E-state index in [1.54, 1.807) is 4.57 Å². The van der Waals surface area contributed by atoms with Gasteiger partial charge in [-0.15, -0.1) is 11.3 Å². The molecule has 0 atom stereocenters. The van der Waals surface area contributed by atoms with Crippen LogP contribution in [0.4, 0.5) is 0 Å². The molecule has 2 heterocycles. The highest BCUT2D eigenvalue weighted by Crippen LogP contribution is 2.20. The van der Waals surface area contributed by atoms with Crippen molar-refractivity contribution in [2.45, 2.75) is 32.1 Å². The van der Waals surface area contributed by atoms with Crippen LogP contribution in [-0.4, -0.2) is 21.2 Å². The molecule has 5 nitrogen and oxygen atoms in total. The molecule has 0 saturated heterocycles. The Morgan fingerprint density at radius 2 is 2.04 bits per heavy atom. The summed E-state index contributed by atoms with van der Waals surface area (Å²) in [4.78, 5) is 29.1. The van der Waals surface area contributed by atoms with E-state index in [2.05, 4.69) is 10.3 Å². The van der Waals surface area contributed by atoms with Crippen LogP contribution in [0.3, 0.4) is 0 Å². The van der Waals surface area contributed by atoms with Crippen LogP contribution in [0.15, 0.2) is 45.7 Å². The second-order valence-corrected chi connectivity index (χ2v) is 7.49. The fraction of sp³-hybridized carbons (Fsp3) is 0.278. The molecule has 130 valence electrons. The average Bonchev–Trinajstić information content (AvgIpc) is 3.08. The molecule has 25 heavy (non-hydrogen) atoms. The van der Waals surface area contributed by atoms with Crippen molar-refractivity contribution in [3.63, 3.8) is 0 Å². The van der Waals surface area contributed by atoms with E-state index in [4.69, 9.17) is 0 Å². The van der Waals surface area contributed by atoms with Crippen molar-refractivity contribution in [3.05, 3.63) is 57.2 Å². The van der Waals surface area contributed by atoms with Gasteiger partial charge >= 0.3 is 0 Å². The lowest BCUT2D eigenvalue weighted by atomic mass is 10.1. The predicted molar refractivity (Wildman–Crippen MR) is 103 cm³/mol. The first-order valence-corrected chi connectivity index (χ1v) is 9.88. The number of hydrogen-bond donors (Lipinski definition) is 1. The lowest BCUT2D eigenvalue weighted by molar-refractivity contribution is -0.118. The monoisotopic (exact) mass is 373 g/mol. The van der Waals surface area contributed by atoms with Crippen LogP contribution in [0.2, 0.25) is 0 Å². The van der Waals surface area contributed by atoms with Gasteiger partial charge in [-0.25, -0.2) is 4.98 Å². The molecule has 0 spiro atoms. The summed E-state index contributed by atoms with van der Waals surface area (Å²) in [6.07, 6.45) is 0. The smallest absolute Gasteiger partial charge is 0.272 e. The van der Waals surface area contributed by atoms with Gasteiger partial charge in [-0.1, -0.05) is 41.6 Å². The lowest BCUT2D eigenvalue weighted by Crippen LogP contribution is -2.26. The number of aromatic nitrogens is 2. The molecule has 0 aliphatic carbocycles. The number of nitrogens with zero attached hydrogens (tertiary/aromatic N) is 2. The van der Waals surface area contributed by atoms with Crippen molar-refractivity contribution in [1.82, 2.24) is 14.9 Å². The van der Waals surface area contributed by atoms with Gasteiger partial charge in [0.25, 0.3) is 5.56 Å². The number of hydrogen-bond acceptors (Lipinski definition) is 5. The van der Waals surface area contributed by atoms with E-state index < -0.39 is 0 Å². The lowest BCUT2D eigenvalue weighted by Gasteiger charge is -2.10. The Hall–Kier alpha value is -2.12. The normalized spacial score (nSPS) is 11.0. The summed E-state index contributed by atoms with van der Waals surface area (Å²) in [7, 11) is 0. The minimum Gasteiger partial charge on any atom is -0.351 e. The van der Waals surface area contributed by atoms with Gasteiger partial charge in [-0.3, -0.25) is 14.2 Å². The largest absolute Gasteiger partial charge is 0.351 e. The quantitative estimate of drug-likeness (QED) is 0.532. The number of nitrogens with one attached hydrogen (secondary N) is 1. The van der Waals surface area contributed by atoms with Crippen LogP contribution < -0.4 is 10.9 Å². The number of fused-ring (bicyclic) bond motifs is 1. The van der Waals surface area contributed by atoms with Gasteiger partial charge in [0, 0.05) is 13.1 Å². The van der Waals surface area contributed by atoms with Crippen LogP contribution in [0.1, 0.15) is 18.1 Å². The minimum absolute atomic E-state index is 0.0370. The Bertz CT molecular complexity index is 945. The second kappa shape index (κ2) is 7.84. The highest BCUT2D eigenvalue weighted by molar-refractivity contribution is 7.99. The first kappa shape index (κ1) is 17.7. The predicted octanol–water partition coefficient (Wildman–Crippen LogP) is 3.19. The molecule has 0 aliphatic heterocycles. The summed E-state index contributed by atoms with van der Waals surface area (Å²) in [5.41, 5.74) is 2.91. The third kappa shape index (κ3) is 4.11. The van der Waals surface area contributed by atoms with Crippen LogP contribution in [0.5, 0.6) is 0 Å². The number of aryl methyl sites for hydroxylation is 1. The number of thioether (sulfide) groups is 1. The molecule has 2 aromatic heterocycles. The zero-order valence-corrected chi connectivity index (χ0v) is 15.7. The van der Waals surface area contributed by atoms with Crippen molar-refractivity contribution < 1.29 is 4.79 Å². The van der Waals surface area contributed by atoms with Crippen molar-refractivity contribution in [1.29, 1.82) is 0 Å². The van der Waals surface area contributed by atoms with Gasteiger partial charge in [-0.05, 0) is 30.9 Å². The van der Waals surface area contributed by atoms with E-state index in [-0.39, 0.29) is 17.2 Å². The molecular formula is C18H19N3O2S2. The highest BCUT2D eigenvalue weighted by Gasteiger charge is 2.13. The number of carbonyl (C=O) groups excluding carboxylic acids is 1. The van der Waals surface area contributed by atoms with Crippen molar-refractivity contribution in [2.24, 2.45) is 0 Å². The highest BCUT2D eigenvalue weighted by atomic mass is 32.2. The van der Waals surface area contributed by atoms with Gasteiger partial charge < -0.3 is 5.32 Å². The molecule has 1 N–H and O–H groups in total. The number of amides is 1. The summed E-state index contributed by atoms with van der Waals surface area (Å²) in [5.74, 6) is 0.154. The molecule has 0 radical (unpaired) electrons. The maximum atomic E-state index is 12.4. The van der Waals surface area contributed by atoms with Gasteiger partial charge in [0.15, 0.2) is 5.16 Å². The molecule has 7 heteroatoms. The van der Waals surface area contributed by atoms with Crippen LogP contribution in [0.25, 0.3) is 10.2 Å². The summed E-state index contributed by atoms with van der Waals surface area (Å²) in [6.45, 7) is 4.97. The van der Waals surface area contributed by atoms with Gasteiger partial charge in [0.05, 0.1) is 11.3 Å². The number of thiophene rings is 1. The van der Waals surface area contributed by atoms with Crippen LogP contribution >= 0.6 is 23.1 Å². The van der Waals surface area contributed by atoms with E-state index in [0.29, 0.717) is 28.5 Å². The molecule has 3 aromatic rings. The summed E-state index contributed by atoms with van der Waals surface area (Å²) < 4.78 is 2.28. The third-order valence-electron chi connectivity index (χ3n) is 3.79. The Kier molecular flexibility index (Phi) is 5.55. The van der Waals surface area contributed by atoms with E-state index in [0.717, 1.165) is 5.56 Å². The first-order valence-electron chi connectivity index (χ1n) is 8.01. The molecule has 0 saturated carbocycles. The fourth-order valence-corrected chi connectivity index (χ4v) is 4.07. The third-order valence-corrected chi connectivity index (χ3v) is 5.66. The van der Waals surface area contributed by atoms with Crippen molar-refractivity contribution in [3.8, 4) is 0 Å². The summed E-state index contributed by atoms with van der Waals surface area (Å²) in [5, 5.41) is 5.35. The maximum absolute atomic E-state index is 12.4. The van der Waals surface area contributed by atoms with Crippen LogP contribution in [0, 0.1) is 6.92 Å². The average molecular weight is 374 g/mol. The van der Waals surface area contributed by atoms with Crippen LogP contribution in [-0.2, 0) is 17.9 Å². The maximum Gasteiger partial charge on any atom is 0.272 e. The first-order chi connectivity index (χ1) is 12.1. The van der Waals surface area contributed by atoms with Crippen molar-refractivity contribution in [2.75, 3.05) is 5.75 Å². The topological polar surface area (TPSA) is 64.0 Å². The molecular weight excluding hydrogens is 354 g/mol. The minimum atomic E-state index is -0.0760. The zero-order chi connectivity index (χ0) is 17.8. The summed E-state index contributed by atoms with van der Waals surface area (Å²) in [6, 6.07) is 9.89. The molecule has 0 fully saturated rings. The SMILES string of the molecule is CCn1c(SCC(=O)NCc2ccc(C)cc2)nc2ccsc2c1=O. The zero-order valence-electron chi connectivity index (χ0n) is 14.1. The van der Waals surface area contributed by atoms with Gasteiger partial charge in [-0.2, -0.15) is 0 Å². The number of rotatable bonds is 6. The van der Waals surface area contributed by atoms with Crippen molar-refractivity contribution >= 4 is 39.2 Å². The Morgan fingerprint density at radius 1 is 1.28 bits per heavy atom. The van der Waals surface area contributed by atoms with E-state index >= 15 is 0 Å². The molecule has 0 bridgehead atoms. The molecule has 0 aliphatic rings. The van der Waals surface area contributed by atoms with Gasteiger partial charge in [0.1, 0.15) is 4.70 Å². The fourth-order valence-electron chi connectivity index (χ4n) is 2.40. The number of carbonyl (C=O) groups is 1. The Morgan fingerprint density at radius 3 is 2.76 bits per heavy atom. The van der Waals surface area contributed by atoms with Gasteiger partial charge in [0.2, 0.25) is 5.91 Å². The Balaban J connectivity index is 1.64. The number of benzene rings is 1.